The van der Waals surface area contributed by atoms with Gasteiger partial charge in [0.15, 0.2) is 0 Å². The van der Waals surface area contributed by atoms with Gasteiger partial charge in [-0.1, -0.05) is 6.08 Å². The first-order valence-corrected chi connectivity index (χ1v) is 3.34. The van der Waals surface area contributed by atoms with Crippen molar-refractivity contribution in [3.63, 3.8) is 0 Å². The molecule has 1 aliphatic rings. The van der Waals surface area contributed by atoms with Gasteiger partial charge in [0.2, 0.25) is 0 Å². The minimum atomic E-state index is -0.0782. The highest BCUT2D eigenvalue weighted by Crippen LogP contribution is 2.08. The minimum Gasteiger partial charge on any atom is -0.287 e. The van der Waals surface area contributed by atoms with E-state index >= 15 is 0 Å². The Morgan fingerprint density at radius 2 is 2.30 bits per heavy atom. The van der Waals surface area contributed by atoms with E-state index in [2.05, 4.69) is 10.9 Å². The molecular formula is C7H12N2O. The molecule has 0 radical (unpaired) electrons. The fourth-order valence-electron chi connectivity index (χ4n) is 0.784. The van der Waals surface area contributed by atoms with Crippen LogP contribution in [0.2, 0.25) is 0 Å². The zero-order valence-corrected chi connectivity index (χ0v) is 6.27. The Morgan fingerprint density at radius 1 is 1.60 bits per heavy atom. The van der Waals surface area contributed by atoms with Gasteiger partial charge in [-0.15, -0.1) is 0 Å². The molecule has 1 rings (SSSR count). The van der Waals surface area contributed by atoms with E-state index < -0.39 is 0 Å². The van der Waals surface area contributed by atoms with Gasteiger partial charge in [-0.25, -0.2) is 5.43 Å². The lowest BCUT2D eigenvalue weighted by Crippen LogP contribution is -2.48. The van der Waals surface area contributed by atoms with Crippen LogP contribution in [0.15, 0.2) is 12.2 Å². The molecule has 1 amide bonds. The Kier molecular flexibility index (Phi) is 1.76. The van der Waals surface area contributed by atoms with E-state index in [9.17, 15) is 4.79 Å². The first kappa shape index (κ1) is 7.28. The first-order chi connectivity index (χ1) is 4.60. The monoisotopic (exact) mass is 140 g/mol. The largest absolute Gasteiger partial charge is 0.287 e. The minimum absolute atomic E-state index is 0.0251. The number of hydrazine groups is 1. The van der Waals surface area contributed by atoms with E-state index in [-0.39, 0.29) is 11.4 Å². The summed E-state index contributed by atoms with van der Waals surface area (Å²) in [5.41, 5.74) is 5.44. The summed E-state index contributed by atoms with van der Waals surface area (Å²) in [6.45, 7) is 4.06. The summed E-state index contributed by atoms with van der Waals surface area (Å²) in [5.74, 6) is -0.0782. The highest BCUT2D eigenvalue weighted by Gasteiger charge is 2.17. The van der Waals surface area contributed by atoms with E-state index in [0.29, 0.717) is 0 Å². The SMILES string of the molecule is CC1(C)CC=CC(=O)NN1. The first-order valence-electron chi connectivity index (χ1n) is 3.34. The fourth-order valence-corrected chi connectivity index (χ4v) is 0.784. The van der Waals surface area contributed by atoms with Crippen molar-refractivity contribution in [1.82, 2.24) is 10.9 Å². The van der Waals surface area contributed by atoms with Crippen LogP contribution in [0.3, 0.4) is 0 Å². The Bertz CT molecular complexity index is 172. The van der Waals surface area contributed by atoms with Crippen LogP contribution in [-0.4, -0.2) is 11.4 Å². The number of carbonyl (C=O) groups is 1. The third-order valence-electron chi connectivity index (χ3n) is 1.42. The van der Waals surface area contributed by atoms with Crippen LogP contribution in [0.1, 0.15) is 20.3 Å². The van der Waals surface area contributed by atoms with Gasteiger partial charge in [0.1, 0.15) is 0 Å². The quantitative estimate of drug-likeness (QED) is 0.509. The second-order valence-electron chi connectivity index (χ2n) is 3.10. The molecule has 0 spiro atoms. The summed E-state index contributed by atoms with van der Waals surface area (Å²) in [6.07, 6.45) is 4.28. The fraction of sp³-hybridized carbons (Fsp3) is 0.571. The van der Waals surface area contributed by atoms with Crippen molar-refractivity contribution in [2.45, 2.75) is 25.8 Å². The van der Waals surface area contributed by atoms with Gasteiger partial charge in [0.05, 0.1) is 0 Å². The molecule has 0 atom stereocenters. The van der Waals surface area contributed by atoms with E-state index in [1.165, 1.54) is 0 Å². The molecule has 56 valence electrons. The van der Waals surface area contributed by atoms with Crippen molar-refractivity contribution in [3.05, 3.63) is 12.2 Å². The molecule has 3 nitrogen and oxygen atoms in total. The van der Waals surface area contributed by atoms with Crippen LogP contribution in [-0.2, 0) is 4.79 Å². The summed E-state index contributed by atoms with van der Waals surface area (Å²) in [5, 5.41) is 0. The molecule has 0 aromatic carbocycles. The smallest absolute Gasteiger partial charge is 0.257 e. The van der Waals surface area contributed by atoms with Crippen LogP contribution in [0.5, 0.6) is 0 Å². The molecule has 1 aliphatic heterocycles. The molecule has 0 aromatic heterocycles. The predicted octanol–water partition coefficient (Wildman–Crippen LogP) is 0.346. The van der Waals surface area contributed by atoms with Gasteiger partial charge in [-0.05, 0) is 20.3 Å². The molecule has 0 saturated heterocycles. The number of hydrogen-bond acceptors (Lipinski definition) is 2. The molecule has 10 heavy (non-hydrogen) atoms. The maximum Gasteiger partial charge on any atom is 0.257 e. The Morgan fingerprint density at radius 3 is 3.00 bits per heavy atom. The third-order valence-corrected chi connectivity index (χ3v) is 1.42. The van der Waals surface area contributed by atoms with Crippen molar-refractivity contribution in [2.24, 2.45) is 0 Å². The Balaban J connectivity index is 2.61. The van der Waals surface area contributed by atoms with Gasteiger partial charge < -0.3 is 0 Å². The van der Waals surface area contributed by atoms with Crippen molar-refractivity contribution in [3.8, 4) is 0 Å². The van der Waals surface area contributed by atoms with Crippen LogP contribution < -0.4 is 10.9 Å². The van der Waals surface area contributed by atoms with Crippen LogP contribution in [0.25, 0.3) is 0 Å². The van der Waals surface area contributed by atoms with Gasteiger partial charge in [0, 0.05) is 11.6 Å². The topological polar surface area (TPSA) is 41.1 Å². The van der Waals surface area contributed by atoms with Crippen LogP contribution >= 0.6 is 0 Å². The van der Waals surface area contributed by atoms with Crippen molar-refractivity contribution in [1.29, 1.82) is 0 Å². The number of nitrogens with one attached hydrogen (secondary N) is 2. The lowest BCUT2D eigenvalue weighted by molar-refractivity contribution is -0.117. The third kappa shape index (κ3) is 1.84. The molecule has 3 heteroatoms. The van der Waals surface area contributed by atoms with Crippen molar-refractivity contribution in [2.75, 3.05) is 0 Å². The summed E-state index contributed by atoms with van der Waals surface area (Å²) in [4.78, 5) is 10.7. The summed E-state index contributed by atoms with van der Waals surface area (Å²) >= 11 is 0. The molecule has 2 N–H and O–H groups in total. The van der Waals surface area contributed by atoms with Gasteiger partial charge in [-0.2, -0.15) is 0 Å². The molecule has 0 aliphatic carbocycles. The van der Waals surface area contributed by atoms with Crippen LogP contribution in [0, 0.1) is 0 Å². The Labute approximate surface area is 60.5 Å². The molecule has 0 bridgehead atoms. The van der Waals surface area contributed by atoms with E-state index in [4.69, 9.17) is 0 Å². The highest BCUT2D eigenvalue weighted by molar-refractivity contribution is 5.87. The van der Waals surface area contributed by atoms with E-state index in [1.807, 2.05) is 19.9 Å². The Hall–Kier alpha value is -0.830. The summed E-state index contributed by atoms with van der Waals surface area (Å²) in [7, 11) is 0. The lowest BCUT2D eigenvalue weighted by Gasteiger charge is -2.22. The van der Waals surface area contributed by atoms with Gasteiger partial charge in [0.25, 0.3) is 5.91 Å². The summed E-state index contributed by atoms with van der Waals surface area (Å²) < 4.78 is 0. The van der Waals surface area contributed by atoms with E-state index in [0.717, 1.165) is 6.42 Å². The molecular weight excluding hydrogens is 128 g/mol. The zero-order chi connectivity index (χ0) is 7.61. The molecule has 0 saturated carbocycles. The van der Waals surface area contributed by atoms with Crippen LogP contribution in [0.4, 0.5) is 0 Å². The average Bonchev–Trinajstić information content (AvgIpc) is 1.94. The number of rotatable bonds is 0. The number of carbonyl (C=O) groups excluding carboxylic acids is 1. The second kappa shape index (κ2) is 2.42. The van der Waals surface area contributed by atoms with E-state index in [1.54, 1.807) is 6.08 Å². The van der Waals surface area contributed by atoms with Crippen molar-refractivity contribution < 1.29 is 4.79 Å². The molecule has 1 heterocycles. The standard InChI is InChI=1S/C7H12N2O/c1-7(2)5-3-4-6(10)8-9-7/h3-4,9H,5H2,1-2H3,(H,8,10). The lowest BCUT2D eigenvalue weighted by atomic mass is 10.0. The summed E-state index contributed by atoms with van der Waals surface area (Å²) in [6, 6.07) is 0. The normalized spacial score (nSPS) is 23.6. The molecule has 0 fully saturated rings. The van der Waals surface area contributed by atoms with Gasteiger partial charge >= 0.3 is 0 Å². The predicted molar refractivity (Wildman–Crippen MR) is 39.1 cm³/mol. The molecule has 0 aromatic rings. The highest BCUT2D eigenvalue weighted by atomic mass is 16.2. The zero-order valence-electron chi connectivity index (χ0n) is 6.27. The number of hydrogen-bond donors (Lipinski definition) is 2. The molecule has 0 unspecified atom stereocenters. The second-order valence-corrected chi connectivity index (χ2v) is 3.10. The van der Waals surface area contributed by atoms with Gasteiger partial charge in [-0.3, -0.25) is 10.2 Å². The maximum atomic E-state index is 10.7. The number of amides is 1. The van der Waals surface area contributed by atoms with Crippen molar-refractivity contribution >= 4 is 5.91 Å². The average molecular weight is 140 g/mol. The maximum absolute atomic E-state index is 10.7.